The first-order valence-electron chi connectivity index (χ1n) is 10.8. The molecule has 2 aromatic heterocycles. The SMILES string of the molecule is O=C1NCCc2c1c(-c1ccc(F)cc1)c(-c1ccncc1)n2Cc1c(F)cccc1C(F)(F)F. The van der Waals surface area contributed by atoms with Gasteiger partial charge in [-0.3, -0.25) is 9.78 Å². The van der Waals surface area contributed by atoms with E-state index in [1.165, 1.54) is 36.7 Å². The molecule has 0 spiro atoms. The van der Waals surface area contributed by atoms with E-state index < -0.39 is 41.4 Å². The molecule has 4 nitrogen and oxygen atoms in total. The van der Waals surface area contributed by atoms with Gasteiger partial charge in [0.15, 0.2) is 0 Å². The summed E-state index contributed by atoms with van der Waals surface area (Å²) in [7, 11) is 0. The minimum absolute atomic E-state index is 0.276. The van der Waals surface area contributed by atoms with Crippen LogP contribution in [0.4, 0.5) is 22.0 Å². The van der Waals surface area contributed by atoms with Gasteiger partial charge in [-0.2, -0.15) is 13.2 Å². The Labute approximate surface area is 197 Å². The van der Waals surface area contributed by atoms with E-state index in [0.29, 0.717) is 34.5 Å². The molecule has 2 aromatic carbocycles. The van der Waals surface area contributed by atoms with Crippen LogP contribution >= 0.6 is 0 Å². The Morgan fingerprint density at radius 2 is 1.63 bits per heavy atom. The number of fused-ring (bicyclic) bond motifs is 1. The lowest BCUT2D eigenvalue weighted by molar-refractivity contribution is -0.138. The van der Waals surface area contributed by atoms with Gasteiger partial charge in [-0.25, -0.2) is 8.78 Å². The average Bonchev–Trinajstić information content (AvgIpc) is 3.16. The van der Waals surface area contributed by atoms with Gasteiger partial charge in [0.1, 0.15) is 11.6 Å². The molecule has 0 atom stereocenters. The molecular formula is C26H18F5N3O. The van der Waals surface area contributed by atoms with Gasteiger partial charge in [-0.15, -0.1) is 0 Å². The summed E-state index contributed by atoms with van der Waals surface area (Å²) in [6, 6.07) is 11.7. The fourth-order valence-electron chi connectivity index (χ4n) is 4.58. The molecule has 0 fully saturated rings. The topological polar surface area (TPSA) is 46.9 Å². The molecule has 0 radical (unpaired) electrons. The number of hydrogen-bond acceptors (Lipinski definition) is 2. The largest absolute Gasteiger partial charge is 0.416 e. The highest BCUT2D eigenvalue weighted by atomic mass is 19.4. The highest BCUT2D eigenvalue weighted by Crippen LogP contribution is 2.42. The summed E-state index contributed by atoms with van der Waals surface area (Å²) in [5, 5.41) is 2.77. The second-order valence-corrected chi connectivity index (χ2v) is 8.14. The van der Waals surface area contributed by atoms with Crippen molar-refractivity contribution in [3.05, 3.63) is 101 Å². The average molecular weight is 483 g/mol. The van der Waals surface area contributed by atoms with Gasteiger partial charge < -0.3 is 9.88 Å². The molecule has 5 rings (SSSR count). The third-order valence-corrected chi connectivity index (χ3v) is 6.07. The molecule has 0 saturated carbocycles. The first-order chi connectivity index (χ1) is 16.8. The molecule has 35 heavy (non-hydrogen) atoms. The third kappa shape index (κ3) is 4.07. The number of nitrogens with zero attached hydrogens (tertiary/aromatic N) is 2. The quantitative estimate of drug-likeness (QED) is 0.371. The van der Waals surface area contributed by atoms with Gasteiger partial charge in [0.2, 0.25) is 0 Å². The van der Waals surface area contributed by atoms with Crippen molar-refractivity contribution in [1.82, 2.24) is 14.9 Å². The molecule has 0 aliphatic carbocycles. The predicted octanol–water partition coefficient (Wildman–Crippen LogP) is 5.85. The lowest BCUT2D eigenvalue weighted by Gasteiger charge is -2.20. The number of aromatic nitrogens is 2. The Balaban J connectivity index is 1.84. The molecule has 0 saturated heterocycles. The van der Waals surface area contributed by atoms with E-state index in [4.69, 9.17) is 0 Å². The molecule has 178 valence electrons. The molecule has 1 aliphatic heterocycles. The Morgan fingerprint density at radius 1 is 0.914 bits per heavy atom. The lowest BCUT2D eigenvalue weighted by Crippen LogP contribution is -2.32. The van der Waals surface area contributed by atoms with E-state index in [1.54, 1.807) is 16.7 Å². The van der Waals surface area contributed by atoms with Crippen LogP contribution in [0, 0.1) is 11.6 Å². The van der Waals surface area contributed by atoms with Crippen LogP contribution in [-0.2, 0) is 19.1 Å². The zero-order chi connectivity index (χ0) is 24.7. The van der Waals surface area contributed by atoms with Crippen LogP contribution in [0.25, 0.3) is 22.4 Å². The summed E-state index contributed by atoms with van der Waals surface area (Å²) in [5.41, 5.74) is 1.11. The second-order valence-electron chi connectivity index (χ2n) is 8.14. The maximum Gasteiger partial charge on any atom is 0.416 e. The van der Waals surface area contributed by atoms with E-state index in [1.807, 2.05) is 0 Å². The van der Waals surface area contributed by atoms with Crippen LogP contribution in [0.3, 0.4) is 0 Å². The number of pyridine rings is 1. The number of carbonyl (C=O) groups is 1. The van der Waals surface area contributed by atoms with E-state index >= 15 is 0 Å². The molecular weight excluding hydrogens is 465 g/mol. The zero-order valence-corrected chi connectivity index (χ0v) is 18.2. The lowest BCUT2D eigenvalue weighted by atomic mass is 9.95. The zero-order valence-electron chi connectivity index (χ0n) is 18.2. The van der Waals surface area contributed by atoms with Crippen molar-refractivity contribution in [2.75, 3.05) is 6.54 Å². The van der Waals surface area contributed by atoms with Crippen molar-refractivity contribution in [3.8, 4) is 22.4 Å². The number of hydrogen-bond donors (Lipinski definition) is 1. The second kappa shape index (κ2) is 8.65. The monoisotopic (exact) mass is 483 g/mol. The summed E-state index contributed by atoms with van der Waals surface area (Å²) in [4.78, 5) is 17.0. The molecule has 1 N–H and O–H groups in total. The number of halogens is 5. The smallest absolute Gasteiger partial charge is 0.352 e. The first-order valence-corrected chi connectivity index (χ1v) is 10.8. The van der Waals surface area contributed by atoms with Gasteiger partial charge in [0.25, 0.3) is 5.91 Å². The number of nitrogens with one attached hydrogen (secondary N) is 1. The Morgan fingerprint density at radius 3 is 2.31 bits per heavy atom. The number of carbonyl (C=O) groups excluding carboxylic acids is 1. The maximum atomic E-state index is 14.8. The van der Waals surface area contributed by atoms with Crippen molar-refractivity contribution in [2.24, 2.45) is 0 Å². The summed E-state index contributed by atoms with van der Waals surface area (Å²) < 4.78 is 71.4. The first kappa shape index (κ1) is 22.8. The van der Waals surface area contributed by atoms with Crippen LogP contribution in [0.1, 0.15) is 27.2 Å². The predicted molar refractivity (Wildman–Crippen MR) is 120 cm³/mol. The van der Waals surface area contributed by atoms with Crippen LogP contribution in [0.2, 0.25) is 0 Å². The summed E-state index contributed by atoms with van der Waals surface area (Å²) in [5.74, 6) is -1.87. The van der Waals surface area contributed by atoms with E-state index in [2.05, 4.69) is 10.3 Å². The minimum atomic E-state index is -4.77. The summed E-state index contributed by atoms with van der Waals surface area (Å²) in [6.45, 7) is -0.173. The number of amides is 1. The number of rotatable bonds is 4. The molecule has 9 heteroatoms. The van der Waals surface area contributed by atoms with Crippen molar-refractivity contribution < 1.29 is 26.7 Å². The fraction of sp³-hybridized carbons (Fsp3) is 0.154. The number of alkyl halides is 3. The normalized spacial score (nSPS) is 13.5. The van der Waals surface area contributed by atoms with Crippen LogP contribution < -0.4 is 5.32 Å². The molecule has 1 amide bonds. The summed E-state index contributed by atoms with van der Waals surface area (Å²) in [6.07, 6.45) is -1.40. The third-order valence-electron chi connectivity index (χ3n) is 6.07. The van der Waals surface area contributed by atoms with Gasteiger partial charge in [0.05, 0.1) is 23.4 Å². The van der Waals surface area contributed by atoms with Gasteiger partial charge in [-0.05, 0) is 42.0 Å². The molecule has 0 bridgehead atoms. The molecule has 3 heterocycles. The molecule has 4 aromatic rings. The van der Waals surface area contributed by atoms with E-state index in [0.717, 1.165) is 18.2 Å². The summed E-state index contributed by atoms with van der Waals surface area (Å²) >= 11 is 0. The molecule has 1 aliphatic rings. The highest BCUT2D eigenvalue weighted by Gasteiger charge is 2.36. The van der Waals surface area contributed by atoms with Crippen molar-refractivity contribution >= 4 is 5.91 Å². The van der Waals surface area contributed by atoms with Gasteiger partial charge in [0, 0.05) is 47.7 Å². The van der Waals surface area contributed by atoms with Crippen LogP contribution in [-0.4, -0.2) is 22.0 Å². The van der Waals surface area contributed by atoms with Crippen LogP contribution in [0.5, 0.6) is 0 Å². The van der Waals surface area contributed by atoms with Crippen molar-refractivity contribution in [1.29, 1.82) is 0 Å². The Hall–Kier alpha value is -4.01. The van der Waals surface area contributed by atoms with Crippen LogP contribution in [0.15, 0.2) is 67.0 Å². The minimum Gasteiger partial charge on any atom is -0.352 e. The standard InChI is InChI=1S/C26H18F5N3O/c27-17-6-4-15(5-7-17)22-23-21(10-13-33-25(23)35)34(24(22)16-8-11-32-12-9-16)14-18-19(26(29,30)31)2-1-3-20(18)28/h1-9,11-12H,10,13-14H2,(H,33,35). The molecule has 0 unspecified atom stereocenters. The van der Waals surface area contributed by atoms with Crippen molar-refractivity contribution in [3.63, 3.8) is 0 Å². The maximum absolute atomic E-state index is 14.8. The van der Waals surface area contributed by atoms with E-state index in [-0.39, 0.29) is 12.1 Å². The number of benzene rings is 2. The van der Waals surface area contributed by atoms with Crippen molar-refractivity contribution in [2.45, 2.75) is 19.1 Å². The Kier molecular flexibility index (Phi) is 5.62. The fourth-order valence-corrected chi connectivity index (χ4v) is 4.58. The van der Waals surface area contributed by atoms with E-state index in [9.17, 15) is 26.7 Å². The van der Waals surface area contributed by atoms with Gasteiger partial charge >= 0.3 is 6.18 Å². The van der Waals surface area contributed by atoms with Gasteiger partial charge in [-0.1, -0.05) is 18.2 Å². The highest BCUT2D eigenvalue weighted by molar-refractivity contribution is 6.07. The Bertz CT molecular complexity index is 1410.